The number of hydrogen-bond donors (Lipinski definition) is 3. The molecule has 0 radical (unpaired) electrons. The fraction of sp³-hybridized carbons (Fsp3) is 0.312. The second kappa shape index (κ2) is 6.33. The average molecular weight is 367 g/mol. The smallest absolute Gasteiger partial charge is 0.321 e. The van der Waals surface area contributed by atoms with E-state index in [4.69, 9.17) is 5.26 Å². The molecule has 10 heteroatoms. The lowest BCUT2D eigenvalue weighted by Gasteiger charge is -2.38. The molecule has 1 saturated carbocycles. The number of carbonyl (C=O) groups excluding carboxylic acids is 1. The Balaban J connectivity index is 1.65. The van der Waals surface area contributed by atoms with Crippen LogP contribution in [0.2, 0.25) is 0 Å². The maximum Gasteiger partial charge on any atom is 0.416 e. The molecule has 1 amide bonds. The molecule has 136 valence electrons. The molecule has 1 aromatic heterocycles. The van der Waals surface area contributed by atoms with Gasteiger partial charge in [0.25, 0.3) is 5.91 Å². The fourth-order valence-electron chi connectivity index (χ4n) is 2.70. The molecular weight excluding hydrogens is 354 g/mol. The zero-order valence-electron chi connectivity index (χ0n) is 13.2. The van der Waals surface area contributed by atoms with E-state index in [2.05, 4.69) is 20.8 Å². The first-order chi connectivity index (χ1) is 12.2. The molecule has 0 saturated heterocycles. The number of amides is 1. The molecule has 1 aromatic carbocycles. The van der Waals surface area contributed by atoms with Crippen molar-refractivity contribution in [2.75, 3.05) is 5.32 Å². The Labute approximate surface area is 145 Å². The van der Waals surface area contributed by atoms with E-state index in [1.165, 1.54) is 18.2 Å². The van der Waals surface area contributed by atoms with Crippen molar-refractivity contribution in [2.24, 2.45) is 0 Å². The second-order valence-electron chi connectivity index (χ2n) is 6.02. The van der Waals surface area contributed by atoms with Crippen molar-refractivity contribution in [3.8, 4) is 17.5 Å². The van der Waals surface area contributed by atoms with Crippen LogP contribution in [0.1, 0.15) is 18.4 Å². The van der Waals surface area contributed by atoms with E-state index in [0.717, 1.165) is 12.1 Å². The van der Waals surface area contributed by atoms with Crippen LogP contribution in [0.15, 0.2) is 30.3 Å². The number of alkyl halides is 4. The predicted molar refractivity (Wildman–Crippen MR) is 83.3 cm³/mol. The highest BCUT2D eigenvalue weighted by atomic mass is 19.4. The molecule has 3 rings (SSSR count). The highest BCUT2D eigenvalue weighted by molar-refractivity contribution is 5.97. The standard InChI is InChI=1S/C16H13F4N5O/c17-15(6-11(7-15)22-8-21)14(26)23-13-5-12(24-25-13)9-1-3-10(4-2-9)16(18,19)20/h1-5,11,22H,6-7H2,(H2,23,24,25,26)/t11-,15-. The van der Waals surface area contributed by atoms with E-state index in [1.54, 1.807) is 6.19 Å². The van der Waals surface area contributed by atoms with Gasteiger partial charge < -0.3 is 10.6 Å². The third-order valence-electron chi connectivity index (χ3n) is 4.15. The van der Waals surface area contributed by atoms with E-state index in [1.807, 2.05) is 0 Å². The zero-order chi connectivity index (χ0) is 18.9. The highest BCUT2D eigenvalue weighted by Gasteiger charge is 2.51. The van der Waals surface area contributed by atoms with Crippen LogP contribution in [0.25, 0.3) is 11.3 Å². The van der Waals surface area contributed by atoms with Crippen LogP contribution >= 0.6 is 0 Å². The molecule has 0 unspecified atom stereocenters. The lowest BCUT2D eigenvalue weighted by Crippen LogP contribution is -2.56. The summed E-state index contributed by atoms with van der Waals surface area (Å²) in [6.07, 6.45) is -2.97. The van der Waals surface area contributed by atoms with Gasteiger partial charge in [-0.05, 0) is 12.1 Å². The summed E-state index contributed by atoms with van der Waals surface area (Å²) in [6.45, 7) is 0. The minimum absolute atomic E-state index is 0.119. The van der Waals surface area contributed by atoms with Crippen LogP contribution in [0.4, 0.5) is 23.4 Å². The molecule has 1 fully saturated rings. The van der Waals surface area contributed by atoms with Crippen LogP contribution in [0.3, 0.4) is 0 Å². The number of aromatic nitrogens is 2. The number of nitrogens with zero attached hydrogens (tertiary/aromatic N) is 2. The SMILES string of the molecule is N#CN[C@H]1C[C@@](F)(C(=O)Nc2cc(-c3ccc(C(F)(F)F)cc3)n[nH]2)C1. The van der Waals surface area contributed by atoms with Crippen molar-refractivity contribution in [1.82, 2.24) is 15.5 Å². The molecule has 6 nitrogen and oxygen atoms in total. The van der Waals surface area contributed by atoms with Crippen LogP contribution in [0, 0.1) is 11.5 Å². The zero-order valence-corrected chi connectivity index (χ0v) is 13.2. The summed E-state index contributed by atoms with van der Waals surface area (Å²) in [4.78, 5) is 12.0. The van der Waals surface area contributed by atoms with E-state index in [9.17, 15) is 22.4 Å². The lowest BCUT2D eigenvalue weighted by molar-refractivity contribution is -0.137. The average Bonchev–Trinajstić information content (AvgIpc) is 3.01. The fourth-order valence-corrected chi connectivity index (χ4v) is 2.70. The quantitative estimate of drug-likeness (QED) is 0.440. The number of H-pyrrole nitrogens is 1. The highest BCUT2D eigenvalue weighted by Crippen LogP contribution is 2.37. The van der Waals surface area contributed by atoms with Crippen LogP contribution in [0.5, 0.6) is 0 Å². The first-order valence-corrected chi connectivity index (χ1v) is 7.59. The summed E-state index contributed by atoms with van der Waals surface area (Å²) in [5.41, 5.74) is -2.14. The van der Waals surface area contributed by atoms with E-state index in [-0.39, 0.29) is 24.7 Å². The summed E-state index contributed by atoms with van der Waals surface area (Å²) in [5.74, 6) is -0.741. The van der Waals surface area contributed by atoms with Gasteiger partial charge in [-0.3, -0.25) is 9.89 Å². The summed E-state index contributed by atoms with van der Waals surface area (Å²) >= 11 is 0. The molecule has 0 atom stereocenters. The van der Waals surface area contributed by atoms with Crippen molar-refractivity contribution >= 4 is 11.7 Å². The van der Waals surface area contributed by atoms with Gasteiger partial charge in [0.15, 0.2) is 11.9 Å². The molecule has 2 aromatic rings. The molecule has 1 aliphatic carbocycles. The van der Waals surface area contributed by atoms with E-state index < -0.39 is 23.3 Å². The minimum atomic E-state index is -4.43. The summed E-state index contributed by atoms with van der Waals surface area (Å²) in [6, 6.07) is 5.38. The van der Waals surface area contributed by atoms with E-state index >= 15 is 0 Å². The Bertz CT molecular complexity index is 847. The maximum absolute atomic E-state index is 14.3. The molecule has 3 N–H and O–H groups in total. The third-order valence-corrected chi connectivity index (χ3v) is 4.15. The molecule has 0 bridgehead atoms. The van der Waals surface area contributed by atoms with Crippen molar-refractivity contribution in [2.45, 2.75) is 30.7 Å². The normalized spacial score (nSPS) is 22.2. The molecule has 0 aliphatic heterocycles. The van der Waals surface area contributed by atoms with Gasteiger partial charge in [-0.25, -0.2) is 4.39 Å². The Hall–Kier alpha value is -3.09. The molecule has 1 heterocycles. The Morgan fingerprint density at radius 3 is 2.54 bits per heavy atom. The number of carbonyl (C=O) groups is 1. The number of nitriles is 1. The van der Waals surface area contributed by atoms with Gasteiger partial charge in [0, 0.05) is 30.5 Å². The summed E-state index contributed by atoms with van der Waals surface area (Å²) in [5, 5.41) is 19.6. The van der Waals surface area contributed by atoms with Gasteiger partial charge in [-0.15, -0.1) is 0 Å². The molecule has 0 spiro atoms. The summed E-state index contributed by atoms with van der Waals surface area (Å²) in [7, 11) is 0. The van der Waals surface area contributed by atoms with Crippen molar-refractivity contribution in [1.29, 1.82) is 5.26 Å². The Morgan fingerprint density at radius 1 is 1.31 bits per heavy atom. The number of nitrogens with one attached hydrogen (secondary N) is 3. The van der Waals surface area contributed by atoms with Gasteiger partial charge in [-0.2, -0.15) is 23.5 Å². The third kappa shape index (κ3) is 3.46. The minimum Gasteiger partial charge on any atom is -0.321 e. The van der Waals surface area contributed by atoms with Gasteiger partial charge in [0.05, 0.1) is 11.3 Å². The lowest BCUT2D eigenvalue weighted by atomic mass is 9.76. The second-order valence-corrected chi connectivity index (χ2v) is 6.02. The number of hydrogen-bond acceptors (Lipinski definition) is 4. The number of halogens is 4. The predicted octanol–water partition coefficient (Wildman–Crippen LogP) is 2.98. The Kier molecular flexibility index (Phi) is 4.31. The van der Waals surface area contributed by atoms with Crippen molar-refractivity contribution in [3.05, 3.63) is 35.9 Å². The number of benzene rings is 1. The van der Waals surface area contributed by atoms with E-state index in [0.29, 0.717) is 11.3 Å². The van der Waals surface area contributed by atoms with Crippen LogP contribution < -0.4 is 10.6 Å². The summed E-state index contributed by atoms with van der Waals surface area (Å²) < 4.78 is 52.1. The monoisotopic (exact) mass is 367 g/mol. The van der Waals surface area contributed by atoms with Crippen LogP contribution in [-0.4, -0.2) is 27.8 Å². The first kappa shape index (κ1) is 17.7. The molecular formula is C16H13F4N5O. The van der Waals surface area contributed by atoms with Crippen molar-refractivity contribution in [3.63, 3.8) is 0 Å². The topological polar surface area (TPSA) is 93.6 Å². The van der Waals surface area contributed by atoms with Gasteiger partial charge >= 0.3 is 6.18 Å². The number of anilines is 1. The number of rotatable bonds is 4. The van der Waals surface area contributed by atoms with Gasteiger partial charge in [-0.1, -0.05) is 12.1 Å². The number of aromatic amines is 1. The first-order valence-electron chi connectivity index (χ1n) is 7.59. The molecule has 1 aliphatic rings. The van der Waals surface area contributed by atoms with Gasteiger partial charge in [0.2, 0.25) is 0 Å². The van der Waals surface area contributed by atoms with Crippen molar-refractivity contribution < 1.29 is 22.4 Å². The molecule has 26 heavy (non-hydrogen) atoms. The largest absolute Gasteiger partial charge is 0.416 e. The van der Waals surface area contributed by atoms with Gasteiger partial charge in [0.1, 0.15) is 5.82 Å². The van der Waals surface area contributed by atoms with Crippen LogP contribution in [-0.2, 0) is 11.0 Å². The maximum atomic E-state index is 14.3. The Morgan fingerprint density at radius 2 is 1.96 bits per heavy atom.